The molecule has 0 amide bonds. The summed E-state index contributed by atoms with van der Waals surface area (Å²) in [6.45, 7) is 4.00. The van der Waals surface area contributed by atoms with Crippen LogP contribution in [0.3, 0.4) is 0 Å². The summed E-state index contributed by atoms with van der Waals surface area (Å²) in [4.78, 5) is 12.2. The quantitative estimate of drug-likeness (QED) is 0.811. The number of hydrogen-bond acceptors (Lipinski definition) is 2. The topological polar surface area (TPSA) is 37.3 Å². The summed E-state index contributed by atoms with van der Waals surface area (Å²) in [5.74, 6) is 0.0453. The number of aliphatic hydroxyl groups is 1. The molecule has 1 aliphatic carbocycles. The van der Waals surface area contributed by atoms with Gasteiger partial charge in [0, 0.05) is 5.56 Å². The van der Waals surface area contributed by atoms with Crippen LogP contribution in [0.15, 0.2) is 29.8 Å². The minimum atomic E-state index is -0.622. The summed E-state index contributed by atoms with van der Waals surface area (Å²) in [5, 5.41) is 10.2. The Morgan fingerprint density at radius 2 is 2.00 bits per heavy atom. The van der Waals surface area contributed by atoms with E-state index < -0.39 is 6.10 Å². The van der Waals surface area contributed by atoms with Crippen LogP contribution in [-0.2, 0) is 6.42 Å². The van der Waals surface area contributed by atoms with Gasteiger partial charge in [-0.05, 0) is 42.5 Å². The molecule has 0 radical (unpaired) electrons. The van der Waals surface area contributed by atoms with Crippen LogP contribution in [0.25, 0.3) is 0 Å². The van der Waals surface area contributed by atoms with Gasteiger partial charge < -0.3 is 5.11 Å². The molecule has 0 spiro atoms. The largest absolute Gasteiger partial charge is 0.384 e. The smallest absolute Gasteiger partial charge is 0.186 e. The van der Waals surface area contributed by atoms with Crippen LogP contribution in [0.2, 0.25) is 0 Å². The minimum Gasteiger partial charge on any atom is -0.384 e. The Balaban J connectivity index is 2.22. The van der Waals surface area contributed by atoms with Crippen molar-refractivity contribution in [2.24, 2.45) is 0 Å². The highest BCUT2D eigenvalue weighted by Gasteiger charge is 2.25. The predicted octanol–water partition coefficient (Wildman–Crippen LogP) is 3.99. The molecule has 19 heavy (non-hydrogen) atoms. The number of rotatable bonds is 5. The van der Waals surface area contributed by atoms with Crippen molar-refractivity contribution in [3.63, 3.8) is 0 Å². The van der Waals surface area contributed by atoms with Crippen LogP contribution in [-0.4, -0.2) is 10.9 Å². The molecule has 1 unspecified atom stereocenters. The molecule has 2 rings (SSSR count). The Kier molecular flexibility index (Phi) is 4.54. The van der Waals surface area contributed by atoms with Gasteiger partial charge in [0.1, 0.15) is 6.10 Å². The van der Waals surface area contributed by atoms with Crippen LogP contribution in [0.1, 0.15) is 67.1 Å². The summed E-state index contributed by atoms with van der Waals surface area (Å²) < 4.78 is 0. The number of carbonyl (C=O) groups excluding carboxylic acids is 1. The maximum Gasteiger partial charge on any atom is 0.186 e. The highest BCUT2D eigenvalue weighted by Crippen LogP contribution is 2.32. The summed E-state index contributed by atoms with van der Waals surface area (Å²) in [5.41, 5.74) is 3.33. The Morgan fingerprint density at radius 3 is 2.74 bits per heavy atom. The van der Waals surface area contributed by atoms with Crippen molar-refractivity contribution >= 4 is 5.78 Å². The standard InChI is InChI=1S/C17H22O2/c1-3-4-5-6-8-13-9-7-10-14-16(13)15(18)11-12(2)17(14)19/h7,9-11,17,19H,3-6,8H2,1-2H3. The van der Waals surface area contributed by atoms with Crippen LogP contribution in [0, 0.1) is 0 Å². The van der Waals surface area contributed by atoms with E-state index in [1.165, 1.54) is 19.3 Å². The molecule has 0 aromatic heterocycles. The lowest BCUT2D eigenvalue weighted by Gasteiger charge is -2.22. The fourth-order valence-corrected chi connectivity index (χ4v) is 2.70. The molecule has 102 valence electrons. The molecule has 1 N–H and O–H groups in total. The molecule has 0 fully saturated rings. The van der Waals surface area contributed by atoms with Gasteiger partial charge in [-0.15, -0.1) is 0 Å². The SMILES string of the molecule is CCCCCCc1cccc2c1C(=O)C=C(C)C2O. The number of aryl methyl sites for hydroxylation is 1. The maximum atomic E-state index is 12.2. The number of fused-ring (bicyclic) bond motifs is 1. The first-order valence-electron chi connectivity index (χ1n) is 7.17. The molecule has 0 bridgehead atoms. The molecule has 1 atom stereocenters. The average Bonchev–Trinajstić information content (AvgIpc) is 2.41. The zero-order valence-electron chi connectivity index (χ0n) is 11.8. The van der Waals surface area contributed by atoms with E-state index in [-0.39, 0.29) is 5.78 Å². The van der Waals surface area contributed by atoms with E-state index >= 15 is 0 Å². The minimum absolute atomic E-state index is 0.0453. The van der Waals surface area contributed by atoms with E-state index in [9.17, 15) is 9.90 Å². The summed E-state index contributed by atoms with van der Waals surface area (Å²) >= 11 is 0. The molecule has 0 saturated heterocycles. The van der Waals surface area contributed by atoms with E-state index in [4.69, 9.17) is 0 Å². The second kappa shape index (κ2) is 6.16. The number of aliphatic hydroxyl groups excluding tert-OH is 1. The Morgan fingerprint density at radius 1 is 1.21 bits per heavy atom. The normalized spacial score (nSPS) is 18.2. The molecule has 0 aliphatic heterocycles. The van der Waals surface area contributed by atoms with Crippen LogP contribution >= 0.6 is 0 Å². The Bertz CT molecular complexity index is 500. The van der Waals surface area contributed by atoms with Gasteiger partial charge >= 0.3 is 0 Å². The van der Waals surface area contributed by atoms with Gasteiger partial charge in [-0.25, -0.2) is 0 Å². The van der Waals surface area contributed by atoms with Crippen molar-refractivity contribution in [1.82, 2.24) is 0 Å². The third kappa shape index (κ3) is 2.95. The third-order valence-electron chi connectivity index (χ3n) is 3.81. The molecule has 1 aromatic carbocycles. The monoisotopic (exact) mass is 258 g/mol. The number of benzene rings is 1. The van der Waals surface area contributed by atoms with E-state index in [1.54, 1.807) is 13.0 Å². The average molecular weight is 258 g/mol. The molecular formula is C17H22O2. The van der Waals surface area contributed by atoms with Crippen molar-refractivity contribution in [3.8, 4) is 0 Å². The molecule has 0 heterocycles. The van der Waals surface area contributed by atoms with Gasteiger partial charge in [0.15, 0.2) is 5.78 Å². The zero-order chi connectivity index (χ0) is 13.8. The van der Waals surface area contributed by atoms with Crippen molar-refractivity contribution in [2.75, 3.05) is 0 Å². The Labute approximate surface area is 115 Å². The summed E-state index contributed by atoms with van der Waals surface area (Å²) in [7, 11) is 0. The number of unbranched alkanes of at least 4 members (excludes halogenated alkanes) is 3. The van der Waals surface area contributed by atoms with Crippen LogP contribution < -0.4 is 0 Å². The van der Waals surface area contributed by atoms with Crippen LogP contribution in [0.4, 0.5) is 0 Å². The van der Waals surface area contributed by atoms with Crippen LogP contribution in [0.5, 0.6) is 0 Å². The van der Waals surface area contributed by atoms with Gasteiger partial charge in [-0.3, -0.25) is 4.79 Å². The van der Waals surface area contributed by atoms with Crippen molar-refractivity contribution in [1.29, 1.82) is 0 Å². The first-order valence-corrected chi connectivity index (χ1v) is 7.17. The number of hydrogen-bond donors (Lipinski definition) is 1. The Hall–Kier alpha value is -1.41. The lowest BCUT2D eigenvalue weighted by molar-refractivity contribution is 0.102. The number of allylic oxidation sites excluding steroid dienone is 1. The lowest BCUT2D eigenvalue weighted by atomic mass is 9.85. The predicted molar refractivity (Wildman–Crippen MR) is 77.3 cm³/mol. The first kappa shape index (κ1) is 14.0. The van der Waals surface area contributed by atoms with E-state index in [0.29, 0.717) is 0 Å². The van der Waals surface area contributed by atoms with Gasteiger partial charge in [-0.1, -0.05) is 44.4 Å². The summed E-state index contributed by atoms with van der Waals surface area (Å²) in [6, 6.07) is 5.83. The van der Waals surface area contributed by atoms with E-state index in [2.05, 4.69) is 6.92 Å². The van der Waals surface area contributed by atoms with E-state index in [0.717, 1.165) is 35.1 Å². The first-order chi connectivity index (χ1) is 9.15. The molecular weight excluding hydrogens is 236 g/mol. The zero-order valence-corrected chi connectivity index (χ0v) is 11.8. The highest BCUT2D eigenvalue weighted by molar-refractivity contribution is 6.08. The summed E-state index contributed by atoms with van der Waals surface area (Å²) in [6.07, 6.45) is 6.64. The van der Waals surface area contributed by atoms with Crippen molar-refractivity contribution in [3.05, 3.63) is 46.5 Å². The third-order valence-corrected chi connectivity index (χ3v) is 3.81. The fraction of sp³-hybridized carbons (Fsp3) is 0.471. The second-order valence-electron chi connectivity index (χ2n) is 5.35. The lowest BCUT2D eigenvalue weighted by Crippen LogP contribution is -2.16. The second-order valence-corrected chi connectivity index (χ2v) is 5.35. The number of ketones is 1. The molecule has 2 nitrogen and oxygen atoms in total. The molecule has 1 aliphatic rings. The molecule has 1 aromatic rings. The van der Waals surface area contributed by atoms with E-state index in [1.807, 2.05) is 18.2 Å². The van der Waals surface area contributed by atoms with Gasteiger partial charge in [0.2, 0.25) is 0 Å². The molecule has 2 heteroatoms. The maximum absolute atomic E-state index is 12.2. The number of carbonyl (C=O) groups is 1. The van der Waals surface area contributed by atoms with Gasteiger partial charge in [0.05, 0.1) is 0 Å². The van der Waals surface area contributed by atoms with Gasteiger partial charge in [0.25, 0.3) is 0 Å². The van der Waals surface area contributed by atoms with Gasteiger partial charge in [-0.2, -0.15) is 0 Å². The van der Waals surface area contributed by atoms with Crippen molar-refractivity contribution < 1.29 is 9.90 Å². The highest BCUT2D eigenvalue weighted by atomic mass is 16.3. The molecule has 0 saturated carbocycles. The fourth-order valence-electron chi connectivity index (χ4n) is 2.70. The van der Waals surface area contributed by atoms with Crippen molar-refractivity contribution in [2.45, 2.75) is 52.1 Å².